The molecule has 24 heavy (non-hydrogen) atoms. The lowest BCUT2D eigenvalue weighted by molar-refractivity contribution is -0.126. The van der Waals surface area contributed by atoms with E-state index in [9.17, 15) is 13.2 Å². The van der Waals surface area contributed by atoms with Gasteiger partial charge in [0, 0.05) is 18.4 Å². The molecule has 9 heteroatoms. The zero-order valence-corrected chi connectivity index (χ0v) is 14.1. The van der Waals surface area contributed by atoms with E-state index < -0.39 is 27.7 Å². The van der Waals surface area contributed by atoms with Gasteiger partial charge in [-0.2, -0.15) is 0 Å². The summed E-state index contributed by atoms with van der Waals surface area (Å²) in [5.41, 5.74) is 5.86. The average molecular weight is 352 g/mol. The van der Waals surface area contributed by atoms with Crippen molar-refractivity contribution in [3.63, 3.8) is 0 Å². The van der Waals surface area contributed by atoms with Crippen LogP contribution in [0.4, 0.5) is 0 Å². The van der Waals surface area contributed by atoms with E-state index in [0.29, 0.717) is 23.8 Å². The van der Waals surface area contributed by atoms with Gasteiger partial charge in [0.25, 0.3) is 0 Å². The van der Waals surface area contributed by atoms with Gasteiger partial charge >= 0.3 is 0 Å². The van der Waals surface area contributed by atoms with Crippen LogP contribution in [0.3, 0.4) is 0 Å². The number of hydroxylamine groups is 2. The number of rotatable bonds is 5. The Morgan fingerprint density at radius 2 is 2.17 bits per heavy atom. The Labute approximate surface area is 140 Å². The number of hydrogen-bond donors (Lipinski definition) is 3. The third-order valence-electron chi connectivity index (χ3n) is 4.12. The van der Waals surface area contributed by atoms with Crippen molar-refractivity contribution < 1.29 is 18.0 Å². The van der Waals surface area contributed by atoms with Crippen LogP contribution >= 0.6 is 0 Å². The number of sulfone groups is 1. The molecule has 0 spiro atoms. The van der Waals surface area contributed by atoms with Crippen LogP contribution in [0.2, 0.25) is 0 Å². The number of hydrogen-bond acceptors (Lipinski definition) is 6. The van der Waals surface area contributed by atoms with Gasteiger partial charge in [-0.1, -0.05) is 0 Å². The number of guanidine groups is 1. The number of carbonyl (C=O) groups is 1. The van der Waals surface area contributed by atoms with E-state index in [-0.39, 0.29) is 11.3 Å². The first-order valence-corrected chi connectivity index (χ1v) is 9.55. The van der Waals surface area contributed by atoms with Gasteiger partial charge < -0.3 is 10.6 Å². The van der Waals surface area contributed by atoms with Gasteiger partial charge in [0.1, 0.15) is 0 Å². The highest BCUT2D eigenvalue weighted by Crippen LogP contribution is 2.43. The molecule has 1 saturated carbocycles. The van der Waals surface area contributed by atoms with Gasteiger partial charge in [-0.3, -0.25) is 15.5 Å². The smallest absolute Gasteiger partial charge is 0.228 e. The van der Waals surface area contributed by atoms with E-state index in [2.05, 4.69) is 5.32 Å². The highest BCUT2D eigenvalue weighted by atomic mass is 32.2. The highest BCUT2D eigenvalue weighted by Gasteiger charge is 2.38. The van der Waals surface area contributed by atoms with E-state index in [0.717, 1.165) is 19.1 Å². The maximum Gasteiger partial charge on any atom is 0.228 e. The average Bonchev–Trinajstić information content (AvgIpc) is 3.20. The molecule has 1 unspecified atom stereocenters. The van der Waals surface area contributed by atoms with Gasteiger partial charge in [0.15, 0.2) is 21.5 Å². The fourth-order valence-electron chi connectivity index (χ4n) is 2.75. The van der Waals surface area contributed by atoms with E-state index >= 15 is 0 Å². The summed E-state index contributed by atoms with van der Waals surface area (Å²) in [6.45, 7) is 0.681. The predicted molar refractivity (Wildman–Crippen MR) is 87.0 cm³/mol. The monoisotopic (exact) mass is 352 g/mol. The summed E-state index contributed by atoms with van der Waals surface area (Å²) in [6.07, 6.45) is 3.42. The number of nitrogens with one attached hydrogen (secondary N) is 2. The molecular formula is C15H20N4O4S. The molecule has 0 bridgehead atoms. The van der Waals surface area contributed by atoms with Crippen molar-refractivity contribution >= 4 is 21.7 Å². The molecule has 1 aromatic carbocycles. The fourth-order valence-corrected chi connectivity index (χ4v) is 3.41. The summed E-state index contributed by atoms with van der Waals surface area (Å²) >= 11 is 0. The van der Waals surface area contributed by atoms with Crippen molar-refractivity contribution in [3.05, 3.63) is 23.8 Å². The van der Waals surface area contributed by atoms with Gasteiger partial charge in [0.05, 0.1) is 17.4 Å². The Balaban J connectivity index is 1.89. The molecule has 8 nitrogen and oxygen atoms in total. The SMILES string of the molecule is CS(=O)(=O)c1ccc2c(c1)C(CC(=O)NC(=N)N)N(CC1CC1)O2. The van der Waals surface area contributed by atoms with Crippen molar-refractivity contribution in [3.8, 4) is 5.75 Å². The molecule has 1 fully saturated rings. The van der Waals surface area contributed by atoms with Crippen molar-refractivity contribution in [2.75, 3.05) is 12.8 Å². The minimum Gasteiger partial charge on any atom is -0.405 e. The summed E-state index contributed by atoms with van der Waals surface area (Å²) in [5.74, 6) is 0.267. The zero-order chi connectivity index (χ0) is 17.5. The van der Waals surface area contributed by atoms with Crippen LogP contribution < -0.4 is 15.9 Å². The molecule has 1 aliphatic heterocycles. The van der Waals surface area contributed by atoms with Crippen molar-refractivity contribution in [1.82, 2.24) is 10.4 Å². The Bertz CT molecular complexity index is 789. The Hall–Kier alpha value is -2.13. The molecule has 1 amide bonds. The molecule has 1 heterocycles. The van der Waals surface area contributed by atoms with Crippen LogP contribution in [0, 0.1) is 11.3 Å². The van der Waals surface area contributed by atoms with Crippen LogP contribution in [-0.2, 0) is 14.6 Å². The minimum absolute atomic E-state index is 0.0342. The normalized spacial score (nSPS) is 20.3. The standard InChI is InChI=1S/C15H20N4O4S/c1-24(21,22)10-4-5-13-11(6-10)12(7-14(20)18-15(16)17)19(23-13)8-9-2-3-9/h4-6,9,12H,2-3,7-8H2,1H3,(H4,16,17,18,20). The third kappa shape index (κ3) is 3.68. The number of fused-ring (bicyclic) bond motifs is 1. The van der Waals surface area contributed by atoms with E-state index in [1.54, 1.807) is 17.2 Å². The lowest BCUT2D eigenvalue weighted by Crippen LogP contribution is -2.38. The number of nitrogens with two attached hydrogens (primary N) is 1. The minimum atomic E-state index is -3.35. The quantitative estimate of drug-likeness (QED) is 0.525. The summed E-state index contributed by atoms with van der Waals surface area (Å²) in [7, 11) is -3.35. The second-order valence-electron chi connectivity index (χ2n) is 6.29. The van der Waals surface area contributed by atoms with Crippen LogP contribution in [-0.4, -0.2) is 38.1 Å². The lowest BCUT2D eigenvalue weighted by atomic mass is 10.0. The maximum absolute atomic E-state index is 12.0. The molecule has 1 aromatic rings. The number of benzene rings is 1. The molecule has 1 aliphatic carbocycles. The first-order chi connectivity index (χ1) is 11.2. The first-order valence-electron chi connectivity index (χ1n) is 7.66. The third-order valence-corrected chi connectivity index (χ3v) is 5.23. The molecular weight excluding hydrogens is 332 g/mol. The second-order valence-corrected chi connectivity index (χ2v) is 8.30. The van der Waals surface area contributed by atoms with Gasteiger partial charge in [-0.25, -0.2) is 8.42 Å². The van der Waals surface area contributed by atoms with Crippen LogP contribution in [0.5, 0.6) is 5.75 Å². The van der Waals surface area contributed by atoms with Crippen LogP contribution in [0.25, 0.3) is 0 Å². The van der Waals surface area contributed by atoms with Crippen molar-refractivity contribution in [2.24, 2.45) is 11.7 Å². The van der Waals surface area contributed by atoms with Gasteiger partial charge in [-0.15, -0.1) is 5.06 Å². The summed E-state index contributed by atoms with van der Waals surface area (Å²) in [4.78, 5) is 18.0. The van der Waals surface area contributed by atoms with Crippen molar-refractivity contribution in [2.45, 2.75) is 30.2 Å². The van der Waals surface area contributed by atoms with E-state index in [1.165, 1.54) is 6.07 Å². The van der Waals surface area contributed by atoms with E-state index in [4.69, 9.17) is 16.0 Å². The largest absolute Gasteiger partial charge is 0.405 e. The van der Waals surface area contributed by atoms with Gasteiger partial charge in [0.2, 0.25) is 5.91 Å². The topological polar surface area (TPSA) is 126 Å². The van der Waals surface area contributed by atoms with Crippen LogP contribution in [0.1, 0.15) is 30.9 Å². The van der Waals surface area contributed by atoms with Gasteiger partial charge in [-0.05, 0) is 37.0 Å². The van der Waals surface area contributed by atoms with Crippen molar-refractivity contribution in [1.29, 1.82) is 5.41 Å². The summed E-state index contributed by atoms with van der Waals surface area (Å²) in [5, 5.41) is 11.1. The molecule has 2 aliphatic rings. The maximum atomic E-state index is 12.0. The van der Waals surface area contributed by atoms with Crippen LogP contribution in [0.15, 0.2) is 23.1 Å². The molecule has 0 radical (unpaired) electrons. The predicted octanol–water partition coefficient (Wildman–Crippen LogP) is 0.550. The zero-order valence-electron chi connectivity index (χ0n) is 13.3. The Morgan fingerprint density at radius 3 is 2.75 bits per heavy atom. The molecule has 0 saturated heterocycles. The number of amides is 1. The molecule has 1 atom stereocenters. The highest BCUT2D eigenvalue weighted by molar-refractivity contribution is 7.90. The Morgan fingerprint density at radius 1 is 1.46 bits per heavy atom. The lowest BCUT2D eigenvalue weighted by Gasteiger charge is -2.22. The molecule has 4 N–H and O–H groups in total. The first kappa shape index (κ1) is 16.7. The second kappa shape index (κ2) is 6.06. The van der Waals surface area contributed by atoms with E-state index in [1.807, 2.05) is 0 Å². The molecule has 130 valence electrons. The fraction of sp³-hybridized carbons (Fsp3) is 0.467. The Kier molecular flexibility index (Phi) is 4.22. The molecule has 0 aromatic heterocycles. The number of nitrogens with zero attached hydrogens (tertiary/aromatic N) is 1. The number of carbonyl (C=O) groups excluding carboxylic acids is 1. The summed E-state index contributed by atoms with van der Waals surface area (Å²) < 4.78 is 23.6. The molecule has 3 rings (SSSR count). The summed E-state index contributed by atoms with van der Waals surface area (Å²) in [6, 6.07) is 4.28.